The molecule has 1 aliphatic rings. The molecule has 0 aromatic heterocycles. The van der Waals surface area contributed by atoms with E-state index in [9.17, 15) is 9.90 Å². The Hall–Kier alpha value is -2.37. The topological polar surface area (TPSA) is 55.8 Å². The molecule has 27 heavy (non-hydrogen) atoms. The van der Waals surface area contributed by atoms with E-state index >= 15 is 0 Å². The summed E-state index contributed by atoms with van der Waals surface area (Å²) in [6.45, 7) is 2.67. The van der Waals surface area contributed by atoms with Crippen molar-refractivity contribution in [3.63, 3.8) is 0 Å². The highest BCUT2D eigenvalue weighted by atomic mass is 16.3. The number of benzene rings is 2. The molecule has 1 amide bonds. The Kier molecular flexibility index (Phi) is 6.14. The number of nitrogens with zero attached hydrogens (tertiary/aromatic N) is 2. The van der Waals surface area contributed by atoms with Gasteiger partial charge in [-0.15, -0.1) is 0 Å². The summed E-state index contributed by atoms with van der Waals surface area (Å²) in [6, 6.07) is 17.5. The van der Waals surface area contributed by atoms with Crippen molar-refractivity contribution in [1.82, 2.24) is 9.80 Å². The van der Waals surface area contributed by atoms with Gasteiger partial charge in [-0.05, 0) is 44.6 Å². The molecule has 2 aromatic rings. The minimum atomic E-state index is -0.0657. The second kappa shape index (κ2) is 8.55. The molecule has 2 aromatic carbocycles. The molecule has 2 N–H and O–H groups in total. The minimum absolute atomic E-state index is 0.0653. The first kappa shape index (κ1) is 19.4. The molecule has 5 nitrogen and oxygen atoms in total. The van der Waals surface area contributed by atoms with E-state index in [1.54, 1.807) is 24.3 Å². The molecular formula is C22H29N3O2. The number of hydrogen-bond acceptors (Lipinski definition) is 4. The second-order valence-corrected chi connectivity index (χ2v) is 7.45. The molecule has 5 heteroatoms. The number of phenols is 1. The Morgan fingerprint density at radius 3 is 2.33 bits per heavy atom. The molecule has 0 atom stereocenters. The van der Waals surface area contributed by atoms with Gasteiger partial charge in [-0.2, -0.15) is 0 Å². The number of rotatable bonds is 6. The Balaban J connectivity index is 1.53. The monoisotopic (exact) mass is 367 g/mol. The summed E-state index contributed by atoms with van der Waals surface area (Å²) >= 11 is 0. The van der Waals surface area contributed by atoms with Crippen LogP contribution in [0.15, 0.2) is 54.6 Å². The smallest absolute Gasteiger partial charge is 0.225 e. The highest BCUT2D eigenvalue weighted by molar-refractivity contribution is 5.92. The maximum atomic E-state index is 12.2. The number of para-hydroxylation sites is 2. The molecule has 1 fully saturated rings. The molecule has 3 rings (SSSR count). The van der Waals surface area contributed by atoms with Gasteiger partial charge < -0.3 is 15.3 Å². The molecule has 0 radical (unpaired) electrons. The number of phenolic OH excluding ortho intramolecular Hbond substituents is 1. The summed E-state index contributed by atoms with van der Waals surface area (Å²) in [6.07, 6.45) is 2.52. The zero-order valence-corrected chi connectivity index (χ0v) is 16.2. The summed E-state index contributed by atoms with van der Waals surface area (Å²) in [4.78, 5) is 16.9. The molecule has 144 valence electrons. The van der Waals surface area contributed by atoms with Crippen LogP contribution in [0, 0.1) is 0 Å². The average molecular weight is 367 g/mol. The largest absolute Gasteiger partial charge is 0.506 e. The van der Waals surface area contributed by atoms with Gasteiger partial charge in [0.1, 0.15) is 5.75 Å². The predicted molar refractivity (Wildman–Crippen MR) is 109 cm³/mol. The van der Waals surface area contributed by atoms with Gasteiger partial charge in [0, 0.05) is 31.6 Å². The van der Waals surface area contributed by atoms with E-state index in [0.717, 1.165) is 32.5 Å². The zero-order chi connectivity index (χ0) is 19.3. The molecule has 0 bridgehead atoms. The number of aromatic hydroxyl groups is 1. The molecule has 1 heterocycles. The molecule has 0 spiro atoms. The fraction of sp³-hybridized carbons (Fsp3) is 0.409. The van der Waals surface area contributed by atoms with Crippen molar-refractivity contribution in [2.45, 2.75) is 24.8 Å². The van der Waals surface area contributed by atoms with Gasteiger partial charge in [0.15, 0.2) is 0 Å². The highest BCUT2D eigenvalue weighted by Gasteiger charge is 2.37. The number of likely N-dealkylation sites (tertiary alicyclic amines) is 1. The van der Waals surface area contributed by atoms with Gasteiger partial charge in [-0.3, -0.25) is 9.69 Å². The SMILES string of the molecule is CN(C)C1(c2ccccc2)CCN(CCC(=O)Nc2ccccc2O)CC1. The van der Waals surface area contributed by atoms with E-state index in [2.05, 4.69) is 59.5 Å². The number of carbonyl (C=O) groups is 1. The molecule has 0 unspecified atom stereocenters. The predicted octanol–water partition coefficient (Wildman–Crippen LogP) is 3.27. The quantitative estimate of drug-likeness (QED) is 0.770. The third-order valence-electron chi connectivity index (χ3n) is 5.68. The number of nitrogens with one attached hydrogen (secondary N) is 1. The summed E-state index contributed by atoms with van der Waals surface area (Å²) in [5.41, 5.74) is 1.90. The number of anilines is 1. The Labute approximate surface area is 161 Å². The third-order valence-corrected chi connectivity index (χ3v) is 5.68. The van der Waals surface area contributed by atoms with Crippen molar-refractivity contribution in [2.24, 2.45) is 0 Å². The highest BCUT2D eigenvalue weighted by Crippen LogP contribution is 2.37. The number of amides is 1. The van der Waals surface area contributed by atoms with E-state index in [4.69, 9.17) is 0 Å². The fourth-order valence-corrected chi connectivity index (χ4v) is 3.94. The van der Waals surface area contributed by atoms with Crippen LogP contribution in [-0.4, -0.2) is 54.5 Å². The van der Waals surface area contributed by atoms with Crippen molar-refractivity contribution in [1.29, 1.82) is 0 Å². The van der Waals surface area contributed by atoms with Crippen LogP contribution >= 0.6 is 0 Å². The van der Waals surface area contributed by atoms with Crippen molar-refractivity contribution >= 4 is 11.6 Å². The lowest BCUT2D eigenvalue weighted by atomic mass is 9.80. The van der Waals surface area contributed by atoms with E-state index in [1.807, 2.05) is 0 Å². The summed E-state index contributed by atoms with van der Waals surface area (Å²) < 4.78 is 0. The van der Waals surface area contributed by atoms with Crippen molar-refractivity contribution in [2.75, 3.05) is 39.0 Å². The van der Waals surface area contributed by atoms with Crippen LogP contribution in [-0.2, 0) is 10.3 Å². The third kappa shape index (κ3) is 4.49. The van der Waals surface area contributed by atoms with Crippen LogP contribution < -0.4 is 5.32 Å². The average Bonchev–Trinajstić information content (AvgIpc) is 2.69. The van der Waals surface area contributed by atoms with Gasteiger partial charge >= 0.3 is 0 Å². The van der Waals surface area contributed by atoms with Crippen LogP contribution in [0.3, 0.4) is 0 Å². The van der Waals surface area contributed by atoms with E-state index in [-0.39, 0.29) is 17.2 Å². The molecule has 0 saturated carbocycles. The van der Waals surface area contributed by atoms with E-state index < -0.39 is 0 Å². The van der Waals surface area contributed by atoms with Crippen molar-refractivity contribution in [3.8, 4) is 5.75 Å². The van der Waals surface area contributed by atoms with Gasteiger partial charge in [0.2, 0.25) is 5.91 Å². The lowest BCUT2D eigenvalue weighted by Gasteiger charge is -2.46. The first-order valence-corrected chi connectivity index (χ1v) is 9.54. The second-order valence-electron chi connectivity index (χ2n) is 7.45. The first-order valence-electron chi connectivity index (χ1n) is 9.54. The van der Waals surface area contributed by atoms with Crippen LogP contribution in [0.4, 0.5) is 5.69 Å². The number of hydrogen-bond donors (Lipinski definition) is 2. The van der Waals surface area contributed by atoms with Crippen LogP contribution in [0.2, 0.25) is 0 Å². The van der Waals surface area contributed by atoms with Crippen molar-refractivity contribution < 1.29 is 9.90 Å². The lowest BCUT2D eigenvalue weighted by Crippen LogP contribution is -2.50. The maximum absolute atomic E-state index is 12.2. The van der Waals surface area contributed by atoms with Crippen molar-refractivity contribution in [3.05, 3.63) is 60.2 Å². The zero-order valence-electron chi connectivity index (χ0n) is 16.2. The Morgan fingerprint density at radius 2 is 1.70 bits per heavy atom. The maximum Gasteiger partial charge on any atom is 0.225 e. The van der Waals surface area contributed by atoms with Crippen LogP contribution in [0.5, 0.6) is 5.75 Å². The molecular weight excluding hydrogens is 338 g/mol. The number of carbonyl (C=O) groups excluding carboxylic acids is 1. The minimum Gasteiger partial charge on any atom is -0.506 e. The lowest BCUT2D eigenvalue weighted by molar-refractivity contribution is -0.116. The van der Waals surface area contributed by atoms with E-state index in [1.165, 1.54) is 5.56 Å². The summed E-state index contributed by atoms with van der Waals surface area (Å²) in [7, 11) is 4.31. The number of piperidine rings is 1. The Bertz CT molecular complexity index is 753. The van der Waals surface area contributed by atoms with Gasteiger partial charge in [0.05, 0.1) is 5.69 Å². The van der Waals surface area contributed by atoms with E-state index in [0.29, 0.717) is 12.1 Å². The van der Waals surface area contributed by atoms with Gasteiger partial charge in [0.25, 0.3) is 0 Å². The van der Waals surface area contributed by atoms with Crippen LogP contribution in [0.1, 0.15) is 24.8 Å². The van der Waals surface area contributed by atoms with Gasteiger partial charge in [-0.1, -0.05) is 42.5 Å². The van der Waals surface area contributed by atoms with Gasteiger partial charge in [-0.25, -0.2) is 0 Å². The Morgan fingerprint density at radius 1 is 1.07 bits per heavy atom. The van der Waals surface area contributed by atoms with Crippen LogP contribution in [0.25, 0.3) is 0 Å². The molecule has 1 aliphatic heterocycles. The fourth-order valence-electron chi connectivity index (χ4n) is 3.94. The standard InChI is InChI=1S/C22H29N3O2/c1-24(2)22(18-8-4-3-5-9-18)13-16-25(17-14-22)15-12-21(27)23-19-10-6-7-11-20(19)26/h3-11,26H,12-17H2,1-2H3,(H,23,27). The molecule has 1 saturated heterocycles. The normalized spacial score (nSPS) is 17.0. The summed E-state index contributed by atoms with van der Waals surface area (Å²) in [5, 5.41) is 12.6. The first-order chi connectivity index (χ1) is 13.0. The molecule has 0 aliphatic carbocycles. The summed E-state index contributed by atoms with van der Waals surface area (Å²) in [5.74, 6) is 0.0338.